The van der Waals surface area contributed by atoms with Gasteiger partial charge in [0, 0.05) is 46.2 Å². The predicted molar refractivity (Wildman–Crippen MR) is 162 cm³/mol. The second-order valence-electron chi connectivity index (χ2n) is 9.94. The molecule has 3 aromatic carbocycles. The molecular weight excluding hydrogens is 651 g/mol. The molecule has 1 saturated heterocycles. The number of carbonyl (C=O) groups is 3. The summed E-state index contributed by atoms with van der Waals surface area (Å²) in [6.45, 7) is 0.0888. The van der Waals surface area contributed by atoms with Crippen molar-refractivity contribution in [3.63, 3.8) is 0 Å². The van der Waals surface area contributed by atoms with Crippen LogP contribution < -0.4 is 10.6 Å². The van der Waals surface area contributed by atoms with Gasteiger partial charge in [-0.2, -0.15) is 0 Å². The van der Waals surface area contributed by atoms with Gasteiger partial charge in [0.2, 0.25) is 17.6 Å². The Kier molecular flexibility index (Phi) is 9.68. The maximum atomic E-state index is 13.3. The number of hydrogen-bond acceptors (Lipinski definition) is 7. The van der Waals surface area contributed by atoms with Crippen molar-refractivity contribution in [1.29, 1.82) is 0 Å². The highest BCUT2D eigenvalue weighted by molar-refractivity contribution is 14.1. The van der Waals surface area contributed by atoms with Crippen LogP contribution in [0.1, 0.15) is 34.3 Å². The van der Waals surface area contributed by atoms with E-state index in [-0.39, 0.29) is 44.4 Å². The van der Waals surface area contributed by atoms with Gasteiger partial charge in [0.1, 0.15) is 18.3 Å². The molecule has 1 aliphatic heterocycles. The van der Waals surface area contributed by atoms with Gasteiger partial charge in [0.05, 0.1) is 12.2 Å². The number of nitrogens with one attached hydrogen (secondary N) is 2. The van der Waals surface area contributed by atoms with Crippen molar-refractivity contribution in [3.8, 4) is 0 Å². The van der Waals surface area contributed by atoms with E-state index in [1.54, 1.807) is 24.3 Å². The van der Waals surface area contributed by atoms with Crippen LogP contribution in [0, 0.1) is 3.57 Å². The van der Waals surface area contributed by atoms with Crippen LogP contribution in [-0.2, 0) is 29.6 Å². The number of halogens is 1. The Bertz CT molecular complexity index is 1410. The Hall–Kier alpha value is -3.58. The molecule has 0 saturated carbocycles. The molecule has 0 radical (unpaired) electrons. The van der Waals surface area contributed by atoms with E-state index in [1.807, 2.05) is 66.7 Å². The average molecular weight is 683 g/mol. The van der Waals surface area contributed by atoms with Crippen LogP contribution in [0.25, 0.3) is 0 Å². The first-order valence-corrected chi connectivity index (χ1v) is 14.8. The molecule has 2 aliphatic rings. The molecule has 3 atom stereocenters. The minimum absolute atomic E-state index is 0.0564. The highest BCUT2D eigenvalue weighted by Gasteiger charge is 2.54. The van der Waals surface area contributed by atoms with Crippen molar-refractivity contribution in [2.45, 2.75) is 36.9 Å². The first-order chi connectivity index (χ1) is 20.4. The second kappa shape index (κ2) is 13.6. The Balaban J connectivity index is 1.44. The quantitative estimate of drug-likeness (QED) is 0.221. The van der Waals surface area contributed by atoms with E-state index in [0.717, 1.165) is 14.7 Å². The highest BCUT2D eigenvalue weighted by Crippen LogP contribution is 2.47. The zero-order chi connectivity index (χ0) is 29.5. The average Bonchev–Trinajstić information content (AvgIpc) is 3.42. The summed E-state index contributed by atoms with van der Waals surface area (Å²) in [7, 11) is 0. The van der Waals surface area contributed by atoms with Crippen molar-refractivity contribution in [2.24, 2.45) is 0 Å². The summed E-state index contributed by atoms with van der Waals surface area (Å²) in [4.78, 5) is 38.4. The van der Waals surface area contributed by atoms with E-state index in [4.69, 9.17) is 19.3 Å². The molecule has 2 amide bonds. The molecule has 42 heavy (non-hydrogen) atoms. The number of carbonyl (C=O) groups excluding carboxylic acids is 3. The van der Waals surface area contributed by atoms with Crippen molar-refractivity contribution in [2.75, 3.05) is 19.7 Å². The van der Waals surface area contributed by atoms with Gasteiger partial charge in [0.25, 0.3) is 0 Å². The summed E-state index contributed by atoms with van der Waals surface area (Å²) in [5, 5.41) is 14.2. The van der Waals surface area contributed by atoms with Gasteiger partial charge in [-0.05, 0) is 46.9 Å². The number of aliphatic hydroxyl groups is 1. The topological polar surface area (TPSA) is 123 Å². The number of benzene rings is 3. The monoisotopic (exact) mass is 682 g/mol. The van der Waals surface area contributed by atoms with Gasteiger partial charge >= 0.3 is 5.97 Å². The largest absolute Gasteiger partial charge is 0.456 e. The molecule has 1 heterocycles. The molecule has 5 rings (SSSR count). The lowest BCUT2D eigenvalue weighted by Crippen LogP contribution is -2.44. The molecule has 3 N–H and O–H groups in total. The Labute approximate surface area is 257 Å². The maximum Gasteiger partial charge on any atom is 0.338 e. The molecule has 3 aromatic rings. The molecule has 218 valence electrons. The normalized spacial score (nSPS) is 20.6. The smallest absolute Gasteiger partial charge is 0.338 e. The maximum absolute atomic E-state index is 13.3. The molecule has 0 bridgehead atoms. The molecule has 9 nitrogen and oxygen atoms in total. The van der Waals surface area contributed by atoms with Gasteiger partial charge in [-0.25, -0.2) is 4.79 Å². The van der Waals surface area contributed by atoms with Crippen LogP contribution in [0.4, 0.5) is 0 Å². The van der Waals surface area contributed by atoms with Crippen LogP contribution in [0.5, 0.6) is 0 Å². The highest BCUT2D eigenvalue weighted by atomic mass is 127. The lowest BCUT2D eigenvalue weighted by molar-refractivity contribution is -0.157. The van der Waals surface area contributed by atoms with Gasteiger partial charge in [-0.1, -0.05) is 66.7 Å². The lowest BCUT2D eigenvalue weighted by Gasteiger charge is -2.31. The number of hydrogen-bond donors (Lipinski definition) is 3. The van der Waals surface area contributed by atoms with Gasteiger partial charge in [-0.3, -0.25) is 9.59 Å². The van der Waals surface area contributed by atoms with Crippen LogP contribution in [0.15, 0.2) is 96.6 Å². The number of esters is 1. The van der Waals surface area contributed by atoms with Crippen LogP contribution >= 0.6 is 22.6 Å². The molecule has 0 spiro atoms. The summed E-state index contributed by atoms with van der Waals surface area (Å²) >= 11 is 2.13. The molecule has 1 aliphatic carbocycles. The molecular formula is C32H31IN2O7. The molecule has 10 heteroatoms. The first kappa shape index (κ1) is 29.9. The first-order valence-electron chi connectivity index (χ1n) is 13.7. The fraction of sp³-hybridized carbons (Fsp3) is 0.281. The van der Waals surface area contributed by atoms with Gasteiger partial charge < -0.3 is 30.0 Å². The van der Waals surface area contributed by atoms with E-state index >= 15 is 0 Å². The SMILES string of the molecule is O=C(CCNC(=O)C1=CC2OC(c3ccccc3)(c3ccccc3)OC2C(OC(=O)c2cccc(I)c2)C1)NCCO. The Morgan fingerprint density at radius 2 is 1.60 bits per heavy atom. The number of amides is 2. The van der Waals surface area contributed by atoms with Crippen LogP contribution in [-0.4, -0.2) is 60.9 Å². The van der Waals surface area contributed by atoms with E-state index in [1.165, 1.54) is 0 Å². The van der Waals surface area contributed by atoms with Crippen molar-refractivity contribution in [1.82, 2.24) is 10.6 Å². The van der Waals surface area contributed by atoms with Crippen molar-refractivity contribution in [3.05, 3.63) is 117 Å². The summed E-state index contributed by atoms with van der Waals surface area (Å²) in [6, 6.07) is 26.1. The van der Waals surface area contributed by atoms with E-state index < -0.39 is 30.1 Å². The third-order valence-electron chi connectivity index (χ3n) is 7.07. The van der Waals surface area contributed by atoms with Crippen LogP contribution in [0.3, 0.4) is 0 Å². The minimum Gasteiger partial charge on any atom is -0.456 e. The van der Waals surface area contributed by atoms with E-state index in [9.17, 15) is 14.4 Å². The summed E-state index contributed by atoms with van der Waals surface area (Å²) in [6.07, 6.45) is -0.355. The minimum atomic E-state index is -1.29. The zero-order valence-corrected chi connectivity index (χ0v) is 24.9. The Morgan fingerprint density at radius 1 is 0.905 bits per heavy atom. The molecule has 0 aromatic heterocycles. The van der Waals surface area contributed by atoms with Crippen molar-refractivity contribution >= 4 is 40.4 Å². The van der Waals surface area contributed by atoms with Gasteiger partial charge in [0.15, 0.2) is 0 Å². The van der Waals surface area contributed by atoms with E-state index in [0.29, 0.717) is 11.1 Å². The lowest BCUT2D eigenvalue weighted by atomic mass is 9.91. The number of aliphatic hydroxyl groups excluding tert-OH is 1. The summed E-state index contributed by atoms with van der Waals surface area (Å²) in [5.41, 5.74) is 2.29. The molecule has 3 unspecified atom stereocenters. The number of ether oxygens (including phenoxy) is 3. The zero-order valence-electron chi connectivity index (χ0n) is 22.7. The third kappa shape index (κ3) is 6.73. The van der Waals surface area contributed by atoms with E-state index in [2.05, 4.69) is 33.2 Å². The second-order valence-corrected chi connectivity index (χ2v) is 11.2. The fourth-order valence-corrected chi connectivity index (χ4v) is 5.64. The predicted octanol–water partition coefficient (Wildman–Crippen LogP) is 3.45. The number of fused-ring (bicyclic) bond motifs is 1. The standard InChI is InChI=1S/C32H31IN2O7/c33-25-13-7-8-21(18-25)31(39)40-26-19-22(30(38)35-15-14-28(37)34-16-17-36)20-27-29(26)42-32(41-27,23-9-3-1-4-10-23)24-11-5-2-6-12-24/h1-13,18,20,26-27,29,36H,14-17,19H2,(H,34,37)(H,35,38). The molecule has 1 fully saturated rings. The van der Waals surface area contributed by atoms with Crippen LogP contribution in [0.2, 0.25) is 0 Å². The third-order valence-corrected chi connectivity index (χ3v) is 7.74. The Morgan fingerprint density at radius 3 is 2.24 bits per heavy atom. The van der Waals surface area contributed by atoms with Crippen molar-refractivity contribution < 1.29 is 33.7 Å². The summed E-state index contributed by atoms with van der Waals surface area (Å²) in [5.74, 6) is -2.49. The van der Waals surface area contributed by atoms with Gasteiger partial charge in [-0.15, -0.1) is 0 Å². The fourth-order valence-electron chi connectivity index (χ4n) is 5.10. The summed E-state index contributed by atoms with van der Waals surface area (Å²) < 4.78 is 20.3. The number of rotatable bonds is 10.